The van der Waals surface area contributed by atoms with Crippen molar-refractivity contribution in [3.8, 4) is 0 Å². The molecule has 1 heterocycles. The van der Waals surface area contributed by atoms with Crippen LogP contribution in [-0.4, -0.2) is 29.9 Å². The van der Waals surface area contributed by atoms with Crippen LogP contribution in [0.2, 0.25) is 5.02 Å². The van der Waals surface area contributed by atoms with Crippen LogP contribution in [0, 0.1) is 0 Å². The number of hydrogen-bond donors (Lipinski definition) is 2. The maximum absolute atomic E-state index is 11.9. The Labute approximate surface area is 133 Å². The lowest BCUT2D eigenvalue weighted by Crippen LogP contribution is -2.37. The summed E-state index contributed by atoms with van der Waals surface area (Å²) in [5.41, 5.74) is 1.26. The van der Waals surface area contributed by atoms with Gasteiger partial charge in [0.25, 0.3) is 5.91 Å². The van der Waals surface area contributed by atoms with Crippen LogP contribution < -0.4 is 10.6 Å². The smallest absolute Gasteiger partial charge is 0.253 e. The van der Waals surface area contributed by atoms with E-state index >= 15 is 0 Å². The summed E-state index contributed by atoms with van der Waals surface area (Å²) in [6, 6.07) is 12.3. The number of aromatic nitrogens is 1. The topological polar surface area (TPSA) is 71.1 Å². The molecule has 22 heavy (non-hydrogen) atoms. The summed E-state index contributed by atoms with van der Waals surface area (Å²) in [6.07, 6.45) is 2.35. The van der Waals surface area contributed by atoms with Gasteiger partial charge in [0.15, 0.2) is 0 Å². The number of hydrogen-bond acceptors (Lipinski definition) is 3. The summed E-state index contributed by atoms with van der Waals surface area (Å²) in [7, 11) is 0. The number of amides is 2. The first-order valence-corrected chi connectivity index (χ1v) is 7.24. The zero-order valence-corrected chi connectivity index (χ0v) is 12.6. The van der Waals surface area contributed by atoms with E-state index < -0.39 is 0 Å². The summed E-state index contributed by atoms with van der Waals surface area (Å²) in [4.78, 5) is 27.7. The van der Waals surface area contributed by atoms with Crippen molar-refractivity contribution in [3.63, 3.8) is 0 Å². The summed E-state index contributed by atoms with van der Waals surface area (Å²) in [5.74, 6) is -0.623. The Bertz CT molecular complexity index is 647. The molecule has 114 valence electrons. The van der Waals surface area contributed by atoms with E-state index in [-0.39, 0.29) is 18.4 Å². The second-order valence-electron chi connectivity index (χ2n) is 4.58. The average molecular weight is 318 g/mol. The fourth-order valence-corrected chi connectivity index (χ4v) is 2.06. The zero-order chi connectivity index (χ0) is 15.8. The van der Waals surface area contributed by atoms with Gasteiger partial charge in [0.1, 0.15) is 0 Å². The van der Waals surface area contributed by atoms with Crippen molar-refractivity contribution in [3.05, 3.63) is 64.9 Å². The molecule has 1 aromatic carbocycles. The molecule has 0 saturated carbocycles. The van der Waals surface area contributed by atoms with Crippen molar-refractivity contribution in [1.29, 1.82) is 0 Å². The van der Waals surface area contributed by atoms with Gasteiger partial charge < -0.3 is 10.6 Å². The molecule has 2 rings (SSSR count). The molecule has 0 spiro atoms. The van der Waals surface area contributed by atoms with E-state index in [1.54, 1.807) is 30.5 Å². The number of rotatable bonds is 6. The van der Waals surface area contributed by atoms with Crippen molar-refractivity contribution in [2.75, 3.05) is 13.1 Å². The third-order valence-electron chi connectivity index (χ3n) is 2.96. The van der Waals surface area contributed by atoms with Crippen molar-refractivity contribution < 1.29 is 9.59 Å². The Kier molecular flexibility index (Phi) is 5.91. The van der Waals surface area contributed by atoms with E-state index in [2.05, 4.69) is 15.6 Å². The molecular formula is C16H16ClN3O2. The van der Waals surface area contributed by atoms with Gasteiger partial charge >= 0.3 is 0 Å². The van der Waals surface area contributed by atoms with Crippen molar-refractivity contribution in [1.82, 2.24) is 15.6 Å². The van der Waals surface area contributed by atoms with E-state index in [0.717, 1.165) is 5.69 Å². The minimum absolute atomic E-state index is 0.0910. The predicted molar refractivity (Wildman–Crippen MR) is 84.7 cm³/mol. The largest absolute Gasteiger partial charge is 0.354 e. The lowest BCUT2D eigenvalue weighted by atomic mass is 10.2. The van der Waals surface area contributed by atoms with Gasteiger partial charge in [0, 0.05) is 24.9 Å². The summed E-state index contributed by atoms with van der Waals surface area (Å²) < 4.78 is 0. The molecule has 0 fully saturated rings. The zero-order valence-electron chi connectivity index (χ0n) is 11.9. The van der Waals surface area contributed by atoms with Crippen LogP contribution in [0.5, 0.6) is 0 Å². The Balaban J connectivity index is 1.72. The molecular weight excluding hydrogens is 302 g/mol. The Morgan fingerprint density at radius 2 is 1.82 bits per heavy atom. The van der Waals surface area contributed by atoms with Crippen LogP contribution in [-0.2, 0) is 11.2 Å². The SMILES string of the molecule is O=C(CNC(=O)c1ccccc1Cl)NCCc1ccccn1. The highest BCUT2D eigenvalue weighted by Crippen LogP contribution is 2.14. The van der Waals surface area contributed by atoms with Gasteiger partial charge in [-0.05, 0) is 24.3 Å². The Morgan fingerprint density at radius 3 is 2.55 bits per heavy atom. The van der Waals surface area contributed by atoms with Gasteiger partial charge in [-0.15, -0.1) is 0 Å². The van der Waals surface area contributed by atoms with Crippen LogP contribution in [0.25, 0.3) is 0 Å². The number of carbonyl (C=O) groups is 2. The molecule has 5 nitrogen and oxygen atoms in total. The molecule has 0 radical (unpaired) electrons. The molecule has 0 atom stereocenters. The van der Waals surface area contributed by atoms with Crippen LogP contribution in [0.15, 0.2) is 48.7 Å². The van der Waals surface area contributed by atoms with Crippen molar-refractivity contribution >= 4 is 23.4 Å². The fraction of sp³-hybridized carbons (Fsp3) is 0.188. The molecule has 0 unspecified atom stereocenters. The summed E-state index contributed by atoms with van der Waals surface area (Å²) >= 11 is 5.92. The van der Waals surface area contributed by atoms with E-state index in [1.807, 2.05) is 18.2 Å². The number of benzene rings is 1. The molecule has 2 aromatic rings. The molecule has 6 heteroatoms. The van der Waals surface area contributed by atoms with Gasteiger partial charge in [0.05, 0.1) is 17.1 Å². The highest BCUT2D eigenvalue weighted by molar-refractivity contribution is 6.33. The standard InChI is InChI=1S/C16H16ClN3O2/c17-14-7-2-1-6-13(14)16(22)20-11-15(21)19-10-8-12-5-3-4-9-18-12/h1-7,9H,8,10-11H2,(H,19,21)(H,20,22). The van der Waals surface area contributed by atoms with Crippen LogP contribution in [0.1, 0.15) is 16.1 Å². The molecule has 1 aromatic heterocycles. The normalized spacial score (nSPS) is 10.0. The number of pyridine rings is 1. The number of nitrogens with one attached hydrogen (secondary N) is 2. The molecule has 2 N–H and O–H groups in total. The lowest BCUT2D eigenvalue weighted by molar-refractivity contribution is -0.120. The second kappa shape index (κ2) is 8.14. The average Bonchev–Trinajstić information content (AvgIpc) is 2.54. The van der Waals surface area contributed by atoms with Gasteiger partial charge in [-0.25, -0.2) is 0 Å². The first-order valence-electron chi connectivity index (χ1n) is 6.86. The van der Waals surface area contributed by atoms with E-state index in [9.17, 15) is 9.59 Å². The first kappa shape index (κ1) is 16.0. The second-order valence-corrected chi connectivity index (χ2v) is 4.99. The lowest BCUT2D eigenvalue weighted by Gasteiger charge is -2.07. The third kappa shape index (κ3) is 4.86. The molecule has 0 saturated heterocycles. The maximum atomic E-state index is 11.9. The van der Waals surface area contributed by atoms with Gasteiger partial charge in [-0.3, -0.25) is 14.6 Å². The quantitative estimate of drug-likeness (QED) is 0.854. The molecule has 0 aliphatic rings. The van der Waals surface area contributed by atoms with Crippen LogP contribution >= 0.6 is 11.6 Å². The number of nitrogens with zero attached hydrogens (tertiary/aromatic N) is 1. The predicted octanol–water partition coefficient (Wildman–Crippen LogP) is 1.82. The van der Waals surface area contributed by atoms with Crippen molar-refractivity contribution in [2.45, 2.75) is 6.42 Å². The Morgan fingerprint density at radius 1 is 1.05 bits per heavy atom. The Hall–Kier alpha value is -2.40. The van der Waals surface area contributed by atoms with E-state index in [0.29, 0.717) is 23.6 Å². The van der Waals surface area contributed by atoms with Gasteiger partial charge in [0.2, 0.25) is 5.91 Å². The summed E-state index contributed by atoms with van der Waals surface area (Å²) in [6.45, 7) is 0.379. The maximum Gasteiger partial charge on any atom is 0.253 e. The van der Waals surface area contributed by atoms with Gasteiger partial charge in [-0.1, -0.05) is 29.8 Å². The van der Waals surface area contributed by atoms with Crippen molar-refractivity contribution in [2.24, 2.45) is 0 Å². The molecule has 0 aliphatic heterocycles. The van der Waals surface area contributed by atoms with Crippen LogP contribution in [0.4, 0.5) is 0 Å². The molecule has 2 amide bonds. The molecule has 0 bridgehead atoms. The highest BCUT2D eigenvalue weighted by Gasteiger charge is 2.10. The minimum Gasteiger partial charge on any atom is -0.354 e. The highest BCUT2D eigenvalue weighted by atomic mass is 35.5. The third-order valence-corrected chi connectivity index (χ3v) is 3.29. The van der Waals surface area contributed by atoms with E-state index in [4.69, 9.17) is 11.6 Å². The monoisotopic (exact) mass is 317 g/mol. The van der Waals surface area contributed by atoms with Crippen LogP contribution in [0.3, 0.4) is 0 Å². The first-order chi connectivity index (χ1) is 10.7. The van der Waals surface area contributed by atoms with Gasteiger partial charge in [-0.2, -0.15) is 0 Å². The summed E-state index contributed by atoms with van der Waals surface area (Å²) in [5, 5.41) is 5.62. The fourth-order valence-electron chi connectivity index (χ4n) is 1.84. The minimum atomic E-state index is -0.370. The molecule has 0 aliphatic carbocycles. The number of carbonyl (C=O) groups excluding carboxylic acids is 2. The van der Waals surface area contributed by atoms with E-state index in [1.165, 1.54) is 0 Å². The number of halogens is 1.